The van der Waals surface area contributed by atoms with Gasteiger partial charge < -0.3 is 24.1 Å². The van der Waals surface area contributed by atoms with Crippen molar-refractivity contribution in [2.45, 2.75) is 0 Å². The lowest BCUT2D eigenvalue weighted by Crippen LogP contribution is -2.45. The predicted molar refractivity (Wildman–Crippen MR) is 148 cm³/mol. The first-order valence-electron chi connectivity index (χ1n) is 11.9. The van der Waals surface area contributed by atoms with Crippen LogP contribution in [0.25, 0.3) is 16.6 Å². The topological polar surface area (TPSA) is 107 Å². The van der Waals surface area contributed by atoms with E-state index in [1.807, 2.05) is 47.3 Å². The van der Waals surface area contributed by atoms with E-state index in [1.165, 1.54) is 0 Å². The Labute approximate surface area is 224 Å². The molecule has 0 aliphatic carbocycles. The van der Waals surface area contributed by atoms with E-state index in [2.05, 4.69) is 15.7 Å². The third kappa shape index (κ3) is 5.30. The first kappa shape index (κ1) is 25.2. The van der Waals surface area contributed by atoms with Gasteiger partial charge >= 0.3 is 6.03 Å². The van der Waals surface area contributed by atoms with Gasteiger partial charge in [-0.2, -0.15) is 0 Å². The number of ether oxygens (including phenoxy) is 3. The lowest BCUT2D eigenvalue weighted by Gasteiger charge is -2.24. The summed E-state index contributed by atoms with van der Waals surface area (Å²) in [5.41, 5.74) is 4.89. The van der Waals surface area contributed by atoms with E-state index in [1.54, 1.807) is 68.9 Å². The Bertz CT molecular complexity index is 1600. The molecule has 2 heterocycles. The number of hydrogen-bond donors (Lipinski definition) is 2. The normalized spacial score (nSPS) is 10.5. The number of aromatic nitrogens is 2. The van der Waals surface area contributed by atoms with E-state index in [0.717, 1.165) is 16.1 Å². The molecule has 0 spiro atoms. The van der Waals surface area contributed by atoms with Gasteiger partial charge in [0.1, 0.15) is 11.5 Å². The highest BCUT2D eigenvalue weighted by Gasteiger charge is 2.19. The average Bonchev–Trinajstić information content (AvgIpc) is 3.51. The molecule has 39 heavy (non-hydrogen) atoms. The lowest BCUT2D eigenvalue weighted by atomic mass is 10.2. The van der Waals surface area contributed by atoms with Gasteiger partial charge in [0.05, 0.1) is 31.1 Å². The largest absolute Gasteiger partial charge is 0.493 e. The summed E-state index contributed by atoms with van der Waals surface area (Å²) in [5, 5.41) is 4.71. The minimum absolute atomic E-state index is 0.451. The van der Waals surface area contributed by atoms with Crippen molar-refractivity contribution in [1.29, 1.82) is 0 Å². The van der Waals surface area contributed by atoms with Crippen molar-refractivity contribution in [2.75, 3.05) is 24.5 Å². The molecule has 0 fully saturated rings. The van der Waals surface area contributed by atoms with Gasteiger partial charge in [-0.25, -0.2) is 9.80 Å². The van der Waals surface area contributed by atoms with Gasteiger partial charge in [0.25, 0.3) is 0 Å². The molecule has 0 radical (unpaired) electrons. The molecule has 10 heteroatoms. The molecule has 0 saturated heterocycles. The Kier molecular flexibility index (Phi) is 7.26. The molecule has 5 rings (SSSR count). The van der Waals surface area contributed by atoms with E-state index in [-0.39, 0.29) is 0 Å². The molecule has 0 aliphatic heterocycles. The van der Waals surface area contributed by atoms with Crippen LogP contribution in [-0.4, -0.2) is 36.2 Å². The molecule has 0 aliphatic rings. The molecule has 0 atom stereocenters. The van der Waals surface area contributed by atoms with Gasteiger partial charge in [0, 0.05) is 35.7 Å². The highest BCUT2D eigenvalue weighted by atomic mass is 16.5. The van der Waals surface area contributed by atoms with Gasteiger partial charge in [0.2, 0.25) is 6.41 Å². The average molecular weight is 524 g/mol. The number of hydrogen-bond acceptors (Lipinski definition) is 6. The van der Waals surface area contributed by atoms with Crippen molar-refractivity contribution in [1.82, 2.24) is 15.0 Å². The van der Waals surface area contributed by atoms with Crippen LogP contribution in [0.5, 0.6) is 23.0 Å². The molecule has 2 N–H and O–H groups in total. The number of hydrazine groups is 1. The molecule has 5 aromatic rings. The van der Waals surface area contributed by atoms with E-state index in [0.29, 0.717) is 46.3 Å². The van der Waals surface area contributed by atoms with Crippen LogP contribution in [0.15, 0.2) is 97.5 Å². The maximum atomic E-state index is 13.2. The van der Waals surface area contributed by atoms with Crippen molar-refractivity contribution in [3.05, 3.63) is 97.5 Å². The van der Waals surface area contributed by atoms with E-state index >= 15 is 0 Å². The van der Waals surface area contributed by atoms with Crippen LogP contribution in [0.4, 0.5) is 16.2 Å². The second-order valence-corrected chi connectivity index (χ2v) is 8.25. The summed E-state index contributed by atoms with van der Waals surface area (Å²) in [6, 6.07) is 22.7. The summed E-state index contributed by atoms with van der Waals surface area (Å²) in [4.78, 5) is 28.9. The number of anilines is 2. The summed E-state index contributed by atoms with van der Waals surface area (Å²) in [5.74, 6) is 2.27. The maximum absolute atomic E-state index is 13.2. The molecule has 2 aromatic heterocycles. The number of methoxy groups -OCH3 is 2. The predicted octanol–water partition coefficient (Wildman–Crippen LogP) is 5.53. The monoisotopic (exact) mass is 523 g/mol. The summed E-state index contributed by atoms with van der Waals surface area (Å²) < 4.78 is 18.7. The highest BCUT2D eigenvalue weighted by Crippen LogP contribution is 2.37. The number of fused-ring (bicyclic) bond motifs is 1. The number of para-hydroxylation sites is 2. The summed E-state index contributed by atoms with van der Waals surface area (Å²) in [6.45, 7) is 0. The summed E-state index contributed by atoms with van der Waals surface area (Å²) in [6.07, 6.45) is 5.81. The second kappa shape index (κ2) is 11.3. The van der Waals surface area contributed by atoms with Crippen molar-refractivity contribution >= 4 is 34.7 Å². The van der Waals surface area contributed by atoms with Crippen molar-refractivity contribution in [3.63, 3.8) is 0 Å². The minimum Gasteiger partial charge on any atom is -0.493 e. The number of nitrogens with zero attached hydrogens (tertiary/aromatic N) is 3. The summed E-state index contributed by atoms with van der Waals surface area (Å²) >= 11 is 0. The quantitative estimate of drug-likeness (QED) is 0.194. The molecular formula is C29H25N5O5. The summed E-state index contributed by atoms with van der Waals surface area (Å²) in [7, 11) is 3.14. The zero-order chi connectivity index (χ0) is 27.2. The fraction of sp³-hybridized carbons (Fsp3) is 0.0690. The fourth-order valence-corrected chi connectivity index (χ4v) is 4.11. The molecule has 0 saturated carbocycles. The van der Waals surface area contributed by atoms with E-state index in [4.69, 9.17) is 14.2 Å². The number of urea groups is 1. The van der Waals surface area contributed by atoms with E-state index < -0.39 is 6.03 Å². The Morgan fingerprint density at radius 1 is 0.897 bits per heavy atom. The van der Waals surface area contributed by atoms with Crippen LogP contribution in [-0.2, 0) is 4.79 Å². The number of nitrogens with one attached hydrogen (secondary N) is 2. The van der Waals surface area contributed by atoms with Gasteiger partial charge in [-0.1, -0.05) is 12.1 Å². The zero-order valence-corrected chi connectivity index (χ0v) is 21.2. The Morgan fingerprint density at radius 2 is 1.62 bits per heavy atom. The van der Waals surface area contributed by atoms with Gasteiger partial charge in [-0.15, -0.1) is 0 Å². The number of amides is 3. The Balaban J connectivity index is 1.35. The third-order valence-corrected chi connectivity index (χ3v) is 5.93. The molecule has 3 aromatic carbocycles. The van der Waals surface area contributed by atoms with Crippen LogP contribution in [0.2, 0.25) is 0 Å². The Morgan fingerprint density at radius 3 is 2.33 bits per heavy atom. The lowest BCUT2D eigenvalue weighted by molar-refractivity contribution is -0.109. The van der Waals surface area contributed by atoms with Crippen LogP contribution in [0, 0.1) is 0 Å². The third-order valence-electron chi connectivity index (χ3n) is 5.93. The van der Waals surface area contributed by atoms with Gasteiger partial charge in [-0.3, -0.25) is 15.2 Å². The van der Waals surface area contributed by atoms with Gasteiger partial charge in [-0.05, 0) is 60.7 Å². The molecular weight excluding hydrogens is 498 g/mol. The first-order chi connectivity index (χ1) is 19.1. The van der Waals surface area contributed by atoms with Crippen LogP contribution < -0.4 is 30.0 Å². The highest BCUT2D eigenvalue weighted by molar-refractivity contribution is 6.03. The molecule has 0 bridgehead atoms. The number of rotatable bonds is 9. The number of carbonyl (C=O) groups excluding carboxylic acids is 2. The van der Waals surface area contributed by atoms with E-state index in [9.17, 15) is 9.59 Å². The second-order valence-electron chi connectivity index (χ2n) is 8.25. The van der Waals surface area contributed by atoms with Crippen molar-refractivity contribution in [3.8, 4) is 28.7 Å². The van der Waals surface area contributed by atoms with Crippen molar-refractivity contribution in [2.24, 2.45) is 0 Å². The van der Waals surface area contributed by atoms with Crippen LogP contribution >= 0.6 is 0 Å². The molecule has 196 valence electrons. The number of benzene rings is 3. The van der Waals surface area contributed by atoms with Gasteiger partial charge in [0.15, 0.2) is 11.5 Å². The maximum Gasteiger partial charge on any atom is 0.345 e. The smallest absolute Gasteiger partial charge is 0.345 e. The standard InChI is InChI=1S/C29H25N5O5/c1-37-27-17-22-23(18-28(27)38-2)30-14-13-26(22)39-21-11-9-20(10-12-21)32-29(36)34(31-19-35)25-8-4-3-7-24(25)33-15-5-6-16-33/h3-19H,1-2H3,(H,31,35)(H,32,36). The molecule has 0 unspecified atom stereocenters. The number of carbonyl (C=O) groups is 2. The molecule has 10 nitrogen and oxygen atoms in total. The number of pyridine rings is 1. The van der Waals surface area contributed by atoms with Crippen LogP contribution in [0.3, 0.4) is 0 Å². The van der Waals surface area contributed by atoms with Crippen molar-refractivity contribution < 1.29 is 23.8 Å². The Hall–Kier alpha value is -5.51. The SMILES string of the molecule is COc1cc2nccc(Oc3ccc(NC(=O)N(NC=O)c4ccccc4-n4cccc4)cc3)c2cc1OC. The minimum atomic E-state index is -0.545. The fourth-order valence-electron chi connectivity index (χ4n) is 4.11. The first-order valence-corrected chi connectivity index (χ1v) is 11.9. The molecule has 3 amide bonds. The zero-order valence-electron chi connectivity index (χ0n) is 21.2. The van der Waals surface area contributed by atoms with Crippen LogP contribution in [0.1, 0.15) is 0 Å².